The minimum absolute atomic E-state index is 0.0582. The second-order valence-electron chi connectivity index (χ2n) is 6.50. The molecule has 0 saturated carbocycles. The normalized spacial score (nSPS) is 12.0. The van der Waals surface area contributed by atoms with E-state index in [-0.39, 0.29) is 17.5 Å². The van der Waals surface area contributed by atoms with E-state index in [4.69, 9.17) is 4.74 Å². The Morgan fingerprint density at radius 1 is 1.11 bits per heavy atom. The summed E-state index contributed by atoms with van der Waals surface area (Å²) in [7, 11) is 1.44. The van der Waals surface area contributed by atoms with E-state index in [1.807, 2.05) is 55.5 Å². The molecular formula is C22H24FN2O2+. The van der Waals surface area contributed by atoms with Gasteiger partial charge in [0, 0.05) is 16.6 Å². The standard InChI is InChI=1S/C22H23FN2O2/c1-3-25(14-16-11-12-21(27-2)19(23)13-16)15-22(26)24-20-10-6-8-17-7-4-5-9-18(17)20/h4-13H,3,14-15H2,1-2H3,(H,24,26)/p+1. The highest BCUT2D eigenvalue weighted by Gasteiger charge is 2.15. The summed E-state index contributed by atoms with van der Waals surface area (Å²) in [5, 5.41) is 5.12. The number of anilines is 1. The molecule has 0 aliphatic carbocycles. The van der Waals surface area contributed by atoms with Crippen LogP contribution in [0.15, 0.2) is 60.7 Å². The van der Waals surface area contributed by atoms with E-state index >= 15 is 0 Å². The molecule has 3 aromatic rings. The average molecular weight is 367 g/mol. The Hall–Kier alpha value is -2.92. The van der Waals surface area contributed by atoms with Gasteiger partial charge in [0.1, 0.15) is 6.54 Å². The van der Waals surface area contributed by atoms with Crippen LogP contribution in [0.3, 0.4) is 0 Å². The number of hydrogen-bond acceptors (Lipinski definition) is 2. The highest BCUT2D eigenvalue weighted by molar-refractivity contribution is 6.02. The number of nitrogens with one attached hydrogen (secondary N) is 2. The zero-order chi connectivity index (χ0) is 19.2. The number of carbonyl (C=O) groups is 1. The fourth-order valence-electron chi connectivity index (χ4n) is 3.18. The highest BCUT2D eigenvalue weighted by atomic mass is 19.1. The van der Waals surface area contributed by atoms with Gasteiger partial charge in [0.05, 0.1) is 13.7 Å². The molecule has 0 fully saturated rings. The van der Waals surface area contributed by atoms with Gasteiger partial charge in [-0.1, -0.05) is 36.4 Å². The van der Waals surface area contributed by atoms with Crippen LogP contribution >= 0.6 is 0 Å². The number of amides is 1. The van der Waals surface area contributed by atoms with Gasteiger partial charge in [-0.15, -0.1) is 0 Å². The van der Waals surface area contributed by atoms with Crippen LogP contribution in [0, 0.1) is 5.82 Å². The van der Waals surface area contributed by atoms with Crippen LogP contribution in [0.4, 0.5) is 10.1 Å². The summed E-state index contributed by atoms with van der Waals surface area (Å²) < 4.78 is 18.8. The molecule has 0 aromatic heterocycles. The Kier molecular flexibility index (Phi) is 6.04. The van der Waals surface area contributed by atoms with Crippen LogP contribution < -0.4 is 15.0 Å². The maximum Gasteiger partial charge on any atom is 0.279 e. The Balaban J connectivity index is 1.67. The van der Waals surface area contributed by atoms with Crippen molar-refractivity contribution in [1.82, 2.24) is 0 Å². The molecule has 0 heterocycles. The lowest BCUT2D eigenvalue weighted by atomic mass is 10.1. The number of fused-ring (bicyclic) bond motifs is 1. The van der Waals surface area contributed by atoms with E-state index < -0.39 is 0 Å². The van der Waals surface area contributed by atoms with Gasteiger partial charge < -0.3 is 15.0 Å². The first-order chi connectivity index (χ1) is 13.1. The number of rotatable bonds is 7. The average Bonchev–Trinajstić information content (AvgIpc) is 2.68. The maximum atomic E-state index is 13.9. The van der Waals surface area contributed by atoms with Crippen LogP contribution in [-0.2, 0) is 11.3 Å². The summed E-state index contributed by atoms with van der Waals surface area (Å²) in [6.07, 6.45) is 0. The van der Waals surface area contributed by atoms with E-state index in [0.29, 0.717) is 13.1 Å². The molecule has 0 aliphatic heterocycles. The second-order valence-corrected chi connectivity index (χ2v) is 6.50. The molecule has 140 valence electrons. The summed E-state index contributed by atoms with van der Waals surface area (Å²) in [6.45, 7) is 3.66. The molecule has 3 rings (SSSR count). The highest BCUT2D eigenvalue weighted by Crippen LogP contribution is 2.22. The van der Waals surface area contributed by atoms with Gasteiger partial charge in [-0.2, -0.15) is 0 Å². The maximum absolute atomic E-state index is 13.9. The Morgan fingerprint density at radius 3 is 2.63 bits per heavy atom. The first kappa shape index (κ1) is 18.9. The van der Waals surface area contributed by atoms with Crippen molar-refractivity contribution in [1.29, 1.82) is 0 Å². The number of carbonyl (C=O) groups excluding carboxylic acids is 1. The number of likely N-dealkylation sites (N-methyl/N-ethyl adjacent to an activating group) is 1. The molecule has 3 aromatic carbocycles. The van der Waals surface area contributed by atoms with Crippen LogP contribution in [0.5, 0.6) is 5.75 Å². The summed E-state index contributed by atoms with van der Waals surface area (Å²) >= 11 is 0. The fourth-order valence-corrected chi connectivity index (χ4v) is 3.18. The van der Waals surface area contributed by atoms with Crippen molar-refractivity contribution in [2.24, 2.45) is 0 Å². The number of methoxy groups -OCH3 is 1. The van der Waals surface area contributed by atoms with Crippen molar-refractivity contribution >= 4 is 22.4 Å². The van der Waals surface area contributed by atoms with Crippen LogP contribution in [0.1, 0.15) is 12.5 Å². The van der Waals surface area contributed by atoms with Crippen molar-refractivity contribution in [3.05, 3.63) is 72.0 Å². The van der Waals surface area contributed by atoms with Gasteiger partial charge in [0.25, 0.3) is 5.91 Å². The summed E-state index contributed by atoms with van der Waals surface area (Å²) in [5.41, 5.74) is 1.65. The largest absolute Gasteiger partial charge is 0.494 e. The van der Waals surface area contributed by atoms with Crippen LogP contribution in [-0.4, -0.2) is 26.1 Å². The second kappa shape index (κ2) is 8.64. The van der Waals surface area contributed by atoms with Crippen LogP contribution in [0.25, 0.3) is 10.8 Å². The Labute approximate surface area is 158 Å². The van der Waals surface area contributed by atoms with Gasteiger partial charge in [0.2, 0.25) is 0 Å². The summed E-state index contributed by atoms with van der Waals surface area (Å²) in [4.78, 5) is 13.6. The minimum atomic E-state index is -0.384. The molecule has 4 nitrogen and oxygen atoms in total. The lowest BCUT2D eigenvalue weighted by Crippen LogP contribution is -3.11. The number of ether oxygens (including phenoxy) is 1. The third-order valence-electron chi connectivity index (χ3n) is 4.64. The zero-order valence-corrected chi connectivity index (χ0v) is 15.6. The van der Waals surface area contributed by atoms with Gasteiger partial charge in [-0.3, -0.25) is 4.79 Å². The molecule has 0 radical (unpaired) electrons. The van der Waals surface area contributed by atoms with Crippen molar-refractivity contribution in [3.8, 4) is 5.75 Å². The molecule has 0 saturated heterocycles. The number of benzene rings is 3. The van der Waals surface area contributed by atoms with Gasteiger partial charge in [-0.25, -0.2) is 4.39 Å². The molecule has 5 heteroatoms. The number of hydrogen-bond donors (Lipinski definition) is 2. The number of halogens is 1. The van der Waals surface area contributed by atoms with Crippen LogP contribution in [0.2, 0.25) is 0 Å². The summed E-state index contributed by atoms with van der Waals surface area (Å²) in [5.74, 6) is -0.214. The monoisotopic (exact) mass is 367 g/mol. The summed E-state index contributed by atoms with van der Waals surface area (Å²) in [6, 6.07) is 18.7. The van der Waals surface area contributed by atoms with E-state index in [0.717, 1.165) is 33.5 Å². The predicted molar refractivity (Wildman–Crippen MR) is 106 cm³/mol. The molecule has 2 N–H and O–H groups in total. The van der Waals surface area contributed by atoms with E-state index in [9.17, 15) is 9.18 Å². The molecule has 0 spiro atoms. The van der Waals surface area contributed by atoms with Gasteiger partial charge in [-0.05, 0) is 36.6 Å². The van der Waals surface area contributed by atoms with Crippen molar-refractivity contribution in [2.45, 2.75) is 13.5 Å². The van der Waals surface area contributed by atoms with E-state index in [2.05, 4.69) is 5.32 Å². The lowest BCUT2D eigenvalue weighted by molar-refractivity contribution is -0.903. The topological polar surface area (TPSA) is 42.8 Å². The third kappa shape index (κ3) is 4.63. The van der Waals surface area contributed by atoms with E-state index in [1.54, 1.807) is 6.07 Å². The minimum Gasteiger partial charge on any atom is -0.494 e. The molecule has 0 aliphatic rings. The van der Waals surface area contributed by atoms with Crippen molar-refractivity contribution in [3.63, 3.8) is 0 Å². The predicted octanol–water partition coefficient (Wildman–Crippen LogP) is 3.03. The third-order valence-corrected chi connectivity index (χ3v) is 4.64. The number of quaternary nitrogens is 1. The lowest BCUT2D eigenvalue weighted by Gasteiger charge is -2.18. The Bertz CT molecular complexity index is 937. The molecular weight excluding hydrogens is 343 g/mol. The Morgan fingerprint density at radius 2 is 1.89 bits per heavy atom. The molecule has 1 amide bonds. The quantitative estimate of drug-likeness (QED) is 0.674. The van der Waals surface area contributed by atoms with Gasteiger partial charge >= 0.3 is 0 Å². The first-order valence-corrected chi connectivity index (χ1v) is 9.04. The molecule has 0 bridgehead atoms. The zero-order valence-electron chi connectivity index (χ0n) is 15.6. The van der Waals surface area contributed by atoms with Gasteiger partial charge in [0.15, 0.2) is 18.1 Å². The first-order valence-electron chi connectivity index (χ1n) is 9.04. The molecule has 27 heavy (non-hydrogen) atoms. The smallest absolute Gasteiger partial charge is 0.279 e. The molecule has 1 unspecified atom stereocenters. The van der Waals surface area contributed by atoms with E-state index in [1.165, 1.54) is 13.2 Å². The van der Waals surface area contributed by atoms with Crippen molar-refractivity contribution < 1.29 is 18.8 Å². The SMILES string of the molecule is CC[NH+](CC(=O)Nc1cccc2ccccc12)Cc1ccc(OC)c(F)c1. The molecule has 1 atom stereocenters. The van der Waals surface area contributed by atoms with Crippen molar-refractivity contribution in [2.75, 3.05) is 25.5 Å². The fraction of sp³-hybridized carbons (Fsp3) is 0.227.